The van der Waals surface area contributed by atoms with Crippen molar-refractivity contribution in [3.05, 3.63) is 12.2 Å². The first-order valence-corrected chi connectivity index (χ1v) is 11.7. The van der Waals surface area contributed by atoms with Crippen molar-refractivity contribution in [1.82, 2.24) is 0 Å². The Morgan fingerprint density at radius 2 is 1.00 bits per heavy atom. The predicted molar refractivity (Wildman–Crippen MR) is 120 cm³/mol. The number of allylic oxidation sites excluding steroid dienone is 2. The van der Waals surface area contributed by atoms with Crippen molar-refractivity contribution >= 4 is 5.91 Å². The molecular weight excluding hydrogens is 334 g/mol. The van der Waals surface area contributed by atoms with Crippen molar-refractivity contribution in [3.63, 3.8) is 0 Å². The summed E-state index contributed by atoms with van der Waals surface area (Å²) >= 11 is 0. The molecule has 0 aromatic heterocycles. The highest BCUT2D eigenvalue weighted by Crippen LogP contribution is 2.12. The Labute approximate surface area is 170 Å². The van der Waals surface area contributed by atoms with Crippen LogP contribution in [0.1, 0.15) is 129 Å². The molecule has 0 atom stereocenters. The van der Waals surface area contributed by atoms with Gasteiger partial charge >= 0.3 is 0 Å². The highest BCUT2D eigenvalue weighted by molar-refractivity contribution is 5.73. The van der Waals surface area contributed by atoms with E-state index in [4.69, 9.17) is 10.8 Å². The number of unbranched alkanes of at least 4 members (excludes halogenated alkanes) is 15. The number of rotatable bonds is 19. The van der Waals surface area contributed by atoms with Gasteiger partial charge in [0.1, 0.15) is 0 Å². The zero-order valence-electron chi connectivity index (χ0n) is 18.5. The quantitative estimate of drug-likeness (QED) is 0.185. The average molecular weight is 384 g/mol. The Morgan fingerprint density at radius 3 is 1.37 bits per heavy atom. The summed E-state index contributed by atoms with van der Waals surface area (Å²) in [6.07, 6.45) is 27.8. The fourth-order valence-corrected chi connectivity index (χ4v) is 3.08. The van der Waals surface area contributed by atoms with Crippen LogP contribution in [-0.2, 0) is 4.79 Å². The zero-order chi connectivity index (χ0) is 20.4. The lowest BCUT2D eigenvalue weighted by Gasteiger charge is -2.01. The van der Waals surface area contributed by atoms with Crippen LogP contribution in [0.25, 0.3) is 0 Å². The molecule has 3 heteroatoms. The Hall–Kier alpha value is -0.830. The van der Waals surface area contributed by atoms with Crippen molar-refractivity contribution in [2.75, 3.05) is 6.61 Å². The van der Waals surface area contributed by atoms with E-state index in [1.807, 2.05) is 0 Å². The van der Waals surface area contributed by atoms with Gasteiger partial charge in [0, 0.05) is 13.0 Å². The largest absolute Gasteiger partial charge is 0.397 e. The molecule has 0 aliphatic heterocycles. The van der Waals surface area contributed by atoms with Crippen LogP contribution in [0.4, 0.5) is 0 Å². The zero-order valence-corrected chi connectivity index (χ0v) is 18.5. The van der Waals surface area contributed by atoms with Crippen LogP contribution >= 0.6 is 0 Å². The first-order valence-electron chi connectivity index (χ1n) is 11.7. The second-order valence-electron chi connectivity index (χ2n) is 7.53. The van der Waals surface area contributed by atoms with Crippen molar-refractivity contribution in [2.24, 2.45) is 5.73 Å². The van der Waals surface area contributed by atoms with Crippen molar-refractivity contribution < 1.29 is 9.90 Å². The van der Waals surface area contributed by atoms with Gasteiger partial charge in [-0.2, -0.15) is 0 Å². The van der Waals surface area contributed by atoms with Gasteiger partial charge in [-0.25, -0.2) is 0 Å². The van der Waals surface area contributed by atoms with Crippen LogP contribution in [0.2, 0.25) is 0 Å². The summed E-state index contributed by atoms with van der Waals surface area (Å²) in [6, 6.07) is 0. The number of aliphatic hydroxyl groups is 1. The molecule has 0 fully saturated rings. The maximum absolute atomic E-state index is 10.6. The molecule has 0 aromatic carbocycles. The fourth-order valence-electron chi connectivity index (χ4n) is 3.08. The van der Waals surface area contributed by atoms with Gasteiger partial charge in [0.15, 0.2) is 0 Å². The van der Waals surface area contributed by atoms with Gasteiger partial charge in [-0.05, 0) is 39.0 Å². The molecule has 162 valence electrons. The second-order valence-corrected chi connectivity index (χ2v) is 7.53. The lowest BCUT2D eigenvalue weighted by atomic mass is 10.1. The smallest absolute Gasteiger partial charge is 0.217 e. The van der Waals surface area contributed by atoms with Gasteiger partial charge < -0.3 is 10.8 Å². The summed E-state index contributed by atoms with van der Waals surface area (Å²) in [5.74, 6) is -0.156. The number of carbonyl (C=O) groups is 1. The summed E-state index contributed by atoms with van der Waals surface area (Å²) in [5.41, 5.74) is 5.13. The van der Waals surface area contributed by atoms with E-state index in [1.165, 1.54) is 96.3 Å². The summed E-state index contributed by atoms with van der Waals surface area (Å²) in [6.45, 7) is 4.21. The monoisotopic (exact) mass is 383 g/mol. The minimum absolute atomic E-state index is 0.156. The van der Waals surface area contributed by atoms with E-state index in [0.717, 1.165) is 12.8 Å². The molecule has 3 N–H and O–H groups in total. The molecule has 0 aliphatic carbocycles. The summed E-state index contributed by atoms with van der Waals surface area (Å²) in [4.78, 5) is 10.6. The molecule has 0 saturated heterocycles. The molecule has 0 heterocycles. The predicted octanol–water partition coefficient (Wildman–Crippen LogP) is 7.07. The van der Waals surface area contributed by atoms with E-state index >= 15 is 0 Å². The standard InChI is InChI=1S/C22H43NO.C2H6O/c1-2-3-4-5-6-7-8-9-10-11-12-13-14-15-16-17-18-19-20-21-22(23)24;1-2-3/h9-10H,2-8,11-21H2,1H3,(H2,23,24);3H,2H2,1H3/b10-9-;. The first kappa shape index (κ1) is 28.4. The van der Waals surface area contributed by atoms with Gasteiger partial charge in [0.25, 0.3) is 0 Å². The molecule has 0 unspecified atom stereocenters. The average Bonchev–Trinajstić information content (AvgIpc) is 2.64. The molecular formula is C24H49NO2. The highest BCUT2D eigenvalue weighted by atomic mass is 16.2. The molecule has 0 bridgehead atoms. The van der Waals surface area contributed by atoms with E-state index in [2.05, 4.69) is 19.1 Å². The Balaban J connectivity index is 0. The van der Waals surface area contributed by atoms with E-state index in [1.54, 1.807) is 6.92 Å². The number of hydrogen-bond acceptors (Lipinski definition) is 2. The lowest BCUT2D eigenvalue weighted by molar-refractivity contribution is -0.118. The molecule has 0 aliphatic rings. The third-order valence-electron chi connectivity index (χ3n) is 4.68. The number of aliphatic hydroxyl groups excluding tert-OH is 1. The topological polar surface area (TPSA) is 63.3 Å². The second kappa shape index (κ2) is 27.4. The van der Waals surface area contributed by atoms with Crippen LogP contribution in [0.3, 0.4) is 0 Å². The normalized spacial score (nSPS) is 10.8. The number of carbonyl (C=O) groups excluding carboxylic acids is 1. The molecule has 0 radical (unpaired) electrons. The van der Waals surface area contributed by atoms with Crippen LogP contribution in [0.5, 0.6) is 0 Å². The molecule has 0 saturated carbocycles. The van der Waals surface area contributed by atoms with Crippen LogP contribution < -0.4 is 5.73 Å². The molecule has 27 heavy (non-hydrogen) atoms. The van der Waals surface area contributed by atoms with E-state index in [-0.39, 0.29) is 12.5 Å². The number of amides is 1. The minimum atomic E-state index is -0.156. The van der Waals surface area contributed by atoms with Crippen molar-refractivity contribution in [3.8, 4) is 0 Å². The first-order chi connectivity index (χ1) is 13.2. The Kier molecular flexibility index (Phi) is 28.8. The molecule has 3 nitrogen and oxygen atoms in total. The van der Waals surface area contributed by atoms with Crippen LogP contribution in [0.15, 0.2) is 12.2 Å². The highest BCUT2D eigenvalue weighted by Gasteiger charge is 1.95. The van der Waals surface area contributed by atoms with Crippen molar-refractivity contribution in [1.29, 1.82) is 0 Å². The minimum Gasteiger partial charge on any atom is -0.397 e. The SMILES string of the molecule is CCCCCCCC/C=C\CCCCCCCCCCCC(N)=O.CCO. The molecule has 1 amide bonds. The van der Waals surface area contributed by atoms with E-state index < -0.39 is 0 Å². The molecule has 0 rings (SSSR count). The maximum Gasteiger partial charge on any atom is 0.217 e. The Morgan fingerprint density at radius 1 is 0.667 bits per heavy atom. The van der Waals surface area contributed by atoms with E-state index in [0.29, 0.717) is 6.42 Å². The van der Waals surface area contributed by atoms with Gasteiger partial charge in [-0.3, -0.25) is 4.79 Å². The van der Waals surface area contributed by atoms with Gasteiger partial charge in [-0.15, -0.1) is 0 Å². The van der Waals surface area contributed by atoms with Crippen LogP contribution in [-0.4, -0.2) is 17.6 Å². The lowest BCUT2D eigenvalue weighted by Crippen LogP contribution is -2.09. The fraction of sp³-hybridized carbons (Fsp3) is 0.875. The Bertz CT molecular complexity index is 303. The number of hydrogen-bond donors (Lipinski definition) is 2. The maximum atomic E-state index is 10.6. The molecule has 0 spiro atoms. The molecule has 0 aromatic rings. The van der Waals surface area contributed by atoms with Crippen molar-refractivity contribution in [2.45, 2.75) is 129 Å². The third kappa shape index (κ3) is 33.2. The van der Waals surface area contributed by atoms with Gasteiger partial charge in [-0.1, -0.05) is 96.1 Å². The number of nitrogens with two attached hydrogens (primary N) is 1. The summed E-state index contributed by atoms with van der Waals surface area (Å²) in [7, 11) is 0. The van der Waals surface area contributed by atoms with Gasteiger partial charge in [0.2, 0.25) is 5.91 Å². The summed E-state index contributed by atoms with van der Waals surface area (Å²) < 4.78 is 0. The third-order valence-corrected chi connectivity index (χ3v) is 4.68. The van der Waals surface area contributed by atoms with Crippen LogP contribution in [0, 0.1) is 0 Å². The van der Waals surface area contributed by atoms with Gasteiger partial charge in [0.05, 0.1) is 0 Å². The number of primary amides is 1. The van der Waals surface area contributed by atoms with E-state index in [9.17, 15) is 4.79 Å². The summed E-state index contributed by atoms with van der Waals surface area (Å²) in [5, 5.41) is 7.57.